The van der Waals surface area contributed by atoms with E-state index in [0.29, 0.717) is 38.2 Å². The summed E-state index contributed by atoms with van der Waals surface area (Å²) in [5.74, 6) is -0.381. The lowest BCUT2D eigenvalue weighted by Gasteiger charge is -2.22. The van der Waals surface area contributed by atoms with Crippen molar-refractivity contribution in [3.8, 4) is 0 Å². The number of nitrogens with one attached hydrogen (secondary N) is 2. The lowest BCUT2D eigenvalue weighted by Crippen LogP contribution is -2.43. The third-order valence-electron chi connectivity index (χ3n) is 3.95. The van der Waals surface area contributed by atoms with E-state index < -0.39 is 6.10 Å². The number of amides is 3. The molecule has 132 valence electrons. The van der Waals surface area contributed by atoms with Gasteiger partial charge in [0, 0.05) is 31.4 Å². The predicted molar refractivity (Wildman–Crippen MR) is 89.2 cm³/mol. The number of halogens is 1. The van der Waals surface area contributed by atoms with Crippen LogP contribution in [0.4, 0.5) is 14.9 Å². The van der Waals surface area contributed by atoms with Crippen LogP contribution in [0.2, 0.25) is 0 Å². The number of carbonyl (C=O) groups is 2. The molecule has 0 unspecified atom stereocenters. The van der Waals surface area contributed by atoms with Gasteiger partial charge in [-0.2, -0.15) is 0 Å². The molecule has 2 N–H and O–H groups in total. The van der Waals surface area contributed by atoms with E-state index in [0.717, 1.165) is 0 Å². The second-order valence-corrected chi connectivity index (χ2v) is 5.73. The van der Waals surface area contributed by atoms with Crippen LogP contribution in [0.15, 0.2) is 24.3 Å². The fourth-order valence-electron chi connectivity index (χ4n) is 2.73. The Morgan fingerprint density at radius 2 is 2.04 bits per heavy atom. The molecule has 1 aromatic carbocycles. The molecule has 0 saturated carbocycles. The van der Waals surface area contributed by atoms with E-state index in [9.17, 15) is 14.0 Å². The van der Waals surface area contributed by atoms with Crippen molar-refractivity contribution >= 4 is 17.6 Å². The van der Waals surface area contributed by atoms with Gasteiger partial charge >= 0.3 is 6.03 Å². The van der Waals surface area contributed by atoms with Gasteiger partial charge in [-0.1, -0.05) is 6.92 Å². The number of ether oxygens (including phenoxy) is 1. The Bertz CT molecular complexity index is 565. The van der Waals surface area contributed by atoms with Crippen LogP contribution in [-0.2, 0) is 9.53 Å². The third-order valence-corrected chi connectivity index (χ3v) is 3.95. The summed E-state index contributed by atoms with van der Waals surface area (Å²) < 4.78 is 18.3. The summed E-state index contributed by atoms with van der Waals surface area (Å²) >= 11 is 0. The highest BCUT2D eigenvalue weighted by Crippen LogP contribution is 2.14. The summed E-state index contributed by atoms with van der Waals surface area (Å²) in [5, 5.41) is 5.49. The molecule has 1 aliphatic heterocycles. The van der Waals surface area contributed by atoms with Gasteiger partial charge in [0.25, 0.3) is 5.91 Å². The topological polar surface area (TPSA) is 70.7 Å². The molecule has 0 aromatic heterocycles. The minimum absolute atomic E-state index is 0.0254. The molecule has 24 heavy (non-hydrogen) atoms. The molecule has 0 aliphatic carbocycles. The average molecular weight is 337 g/mol. The fraction of sp³-hybridized carbons (Fsp3) is 0.529. The van der Waals surface area contributed by atoms with Gasteiger partial charge in [0.2, 0.25) is 0 Å². The van der Waals surface area contributed by atoms with Crippen LogP contribution in [0.25, 0.3) is 0 Å². The van der Waals surface area contributed by atoms with Crippen molar-refractivity contribution in [2.45, 2.75) is 38.8 Å². The van der Waals surface area contributed by atoms with E-state index in [2.05, 4.69) is 10.6 Å². The van der Waals surface area contributed by atoms with Gasteiger partial charge in [-0.15, -0.1) is 0 Å². The van der Waals surface area contributed by atoms with Crippen LogP contribution in [0.5, 0.6) is 0 Å². The normalized spacial score (nSPS) is 18.3. The summed E-state index contributed by atoms with van der Waals surface area (Å²) in [6.45, 7) is 5.35. The molecule has 0 radical (unpaired) electrons. The second-order valence-electron chi connectivity index (χ2n) is 5.73. The minimum Gasteiger partial charge on any atom is -0.369 e. The standard InChI is InChI=1S/C17H24FN3O3/c1-3-15(24-4-2)16(22)21-10-9-14(11-21)20-17(23)19-13-7-5-12(18)6-8-13/h5-8,14-15H,3-4,9-11H2,1-2H3,(H2,19,20,23)/t14-,15-/m1/s1. The van der Waals surface area contributed by atoms with E-state index >= 15 is 0 Å². The summed E-state index contributed by atoms with van der Waals surface area (Å²) in [7, 11) is 0. The molecule has 3 amide bonds. The maximum absolute atomic E-state index is 12.8. The van der Waals surface area contributed by atoms with E-state index in [1.54, 1.807) is 4.90 Å². The summed E-state index contributed by atoms with van der Waals surface area (Å²) in [6, 6.07) is 5.08. The van der Waals surface area contributed by atoms with Crippen molar-refractivity contribution in [1.29, 1.82) is 0 Å². The molecule has 6 nitrogen and oxygen atoms in total. The van der Waals surface area contributed by atoms with E-state index in [1.807, 2.05) is 13.8 Å². The molecule has 1 saturated heterocycles. The van der Waals surface area contributed by atoms with Crippen molar-refractivity contribution in [2.75, 3.05) is 25.0 Å². The Balaban J connectivity index is 1.81. The maximum Gasteiger partial charge on any atom is 0.319 e. The number of hydrogen-bond donors (Lipinski definition) is 2. The van der Waals surface area contributed by atoms with Crippen LogP contribution in [0.1, 0.15) is 26.7 Å². The van der Waals surface area contributed by atoms with Gasteiger partial charge in [0.05, 0.1) is 0 Å². The predicted octanol–water partition coefficient (Wildman–Crippen LogP) is 2.36. The first-order valence-electron chi connectivity index (χ1n) is 8.27. The van der Waals surface area contributed by atoms with Gasteiger partial charge in [0.15, 0.2) is 0 Å². The number of rotatable bonds is 6. The number of carbonyl (C=O) groups excluding carboxylic acids is 2. The molecule has 7 heteroatoms. The maximum atomic E-state index is 12.8. The molecule has 1 heterocycles. The van der Waals surface area contributed by atoms with E-state index in [-0.39, 0.29) is 23.8 Å². The highest BCUT2D eigenvalue weighted by molar-refractivity contribution is 5.89. The van der Waals surface area contributed by atoms with E-state index in [1.165, 1.54) is 24.3 Å². The monoisotopic (exact) mass is 337 g/mol. The molecular formula is C17H24FN3O3. The summed E-state index contributed by atoms with van der Waals surface area (Å²) in [5.41, 5.74) is 0.516. The van der Waals surface area contributed by atoms with Gasteiger partial charge in [-0.05, 0) is 44.0 Å². The molecule has 0 bridgehead atoms. The van der Waals surface area contributed by atoms with Crippen LogP contribution >= 0.6 is 0 Å². The van der Waals surface area contributed by atoms with Crippen LogP contribution in [0, 0.1) is 5.82 Å². The zero-order valence-electron chi connectivity index (χ0n) is 14.0. The van der Waals surface area contributed by atoms with Crippen LogP contribution in [-0.4, -0.2) is 48.7 Å². The number of urea groups is 1. The van der Waals surface area contributed by atoms with Crippen molar-refractivity contribution in [3.05, 3.63) is 30.1 Å². The Hall–Kier alpha value is -2.15. The molecule has 1 aliphatic rings. The number of likely N-dealkylation sites (tertiary alicyclic amines) is 1. The average Bonchev–Trinajstić information content (AvgIpc) is 3.02. The van der Waals surface area contributed by atoms with Crippen molar-refractivity contribution < 1.29 is 18.7 Å². The molecule has 2 rings (SSSR count). The first-order valence-corrected chi connectivity index (χ1v) is 8.27. The number of anilines is 1. The number of hydrogen-bond acceptors (Lipinski definition) is 3. The van der Waals surface area contributed by atoms with Crippen LogP contribution < -0.4 is 10.6 Å². The lowest BCUT2D eigenvalue weighted by molar-refractivity contribution is -0.142. The lowest BCUT2D eigenvalue weighted by atomic mass is 10.2. The minimum atomic E-state index is -0.415. The highest BCUT2D eigenvalue weighted by atomic mass is 19.1. The van der Waals surface area contributed by atoms with E-state index in [4.69, 9.17) is 4.74 Å². The Kier molecular flexibility index (Phi) is 6.54. The molecule has 1 aromatic rings. The molecule has 0 spiro atoms. The zero-order chi connectivity index (χ0) is 17.5. The summed E-state index contributed by atoms with van der Waals surface area (Å²) in [4.78, 5) is 26.1. The van der Waals surface area contributed by atoms with Gasteiger partial charge in [-0.3, -0.25) is 4.79 Å². The van der Waals surface area contributed by atoms with Gasteiger partial charge in [-0.25, -0.2) is 9.18 Å². The third kappa shape index (κ3) is 4.92. The Morgan fingerprint density at radius 1 is 1.33 bits per heavy atom. The number of benzene rings is 1. The van der Waals surface area contributed by atoms with Crippen molar-refractivity contribution in [3.63, 3.8) is 0 Å². The fourth-order valence-corrected chi connectivity index (χ4v) is 2.73. The first kappa shape index (κ1) is 18.2. The molecule has 2 atom stereocenters. The SMILES string of the molecule is CCO[C@H](CC)C(=O)N1CC[C@@H](NC(=O)Nc2ccc(F)cc2)C1. The highest BCUT2D eigenvalue weighted by Gasteiger charge is 2.31. The van der Waals surface area contributed by atoms with Crippen molar-refractivity contribution in [1.82, 2.24) is 10.2 Å². The Morgan fingerprint density at radius 3 is 2.67 bits per heavy atom. The molecule has 1 fully saturated rings. The first-order chi connectivity index (χ1) is 11.5. The van der Waals surface area contributed by atoms with Crippen molar-refractivity contribution in [2.24, 2.45) is 0 Å². The van der Waals surface area contributed by atoms with Gasteiger partial charge < -0.3 is 20.3 Å². The number of nitrogens with zero attached hydrogens (tertiary/aromatic N) is 1. The quantitative estimate of drug-likeness (QED) is 0.837. The second kappa shape index (κ2) is 8.63. The largest absolute Gasteiger partial charge is 0.369 e. The zero-order valence-corrected chi connectivity index (χ0v) is 14.0. The van der Waals surface area contributed by atoms with Crippen LogP contribution in [0.3, 0.4) is 0 Å². The summed E-state index contributed by atoms with van der Waals surface area (Å²) in [6.07, 6.45) is 0.916. The Labute approximate surface area is 141 Å². The smallest absolute Gasteiger partial charge is 0.319 e. The van der Waals surface area contributed by atoms with Gasteiger partial charge in [0.1, 0.15) is 11.9 Å². The molecular weight excluding hydrogens is 313 g/mol.